The summed E-state index contributed by atoms with van der Waals surface area (Å²) in [5.74, 6) is -2.33. The van der Waals surface area contributed by atoms with E-state index in [1.54, 1.807) is 24.3 Å². The number of methoxy groups -OCH3 is 1. The number of hydrogen-bond acceptors (Lipinski definition) is 3. The van der Waals surface area contributed by atoms with Gasteiger partial charge in [0.15, 0.2) is 0 Å². The second-order valence-electron chi connectivity index (χ2n) is 3.84. The van der Waals surface area contributed by atoms with Gasteiger partial charge in [0.2, 0.25) is 0 Å². The molecule has 0 saturated carbocycles. The highest BCUT2D eigenvalue weighted by Gasteiger charge is 2.41. The minimum atomic E-state index is -2.92. The fourth-order valence-corrected chi connectivity index (χ4v) is 1.19. The number of ether oxygens (including phenoxy) is 1. The van der Waals surface area contributed by atoms with Crippen LogP contribution in [0, 0.1) is 0 Å². The molecule has 1 amide bonds. The summed E-state index contributed by atoms with van der Waals surface area (Å²) in [5.41, 5.74) is -2.21. The molecule has 1 atom stereocenters. The Morgan fingerprint density at radius 3 is 2.39 bits per heavy atom. The van der Waals surface area contributed by atoms with Gasteiger partial charge in [-0.25, -0.2) is 9.18 Å². The summed E-state index contributed by atoms with van der Waals surface area (Å²) in [4.78, 5) is 21.8. The lowest BCUT2D eigenvalue weighted by Gasteiger charge is -2.14. The minimum absolute atomic E-state index is 0.0512. The Bertz CT molecular complexity index is 442. The third kappa shape index (κ3) is 3.19. The van der Waals surface area contributed by atoms with Crippen molar-refractivity contribution in [1.82, 2.24) is 5.32 Å². The van der Waals surface area contributed by atoms with Crippen LogP contribution < -0.4 is 10.1 Å². The van der Waals surface area contributed by atoms with Crippen molar-refractivity contribution in [2.75, 3.05) is 7.11 Å². The number of carbonyl (C=O) groups excluding carboxylic acids is 1. The second kappa shape index (κ2) is 5.48. The number of halogens is 1. The molecule has 0 aliphatic heterocycles. The Balaban J connectivity index is 2.60. The Morgan fingerprint density at radius 2 is 1.94 bits per heavy atom. The van der Waals surface area contributed by atoms with Crippen LogP contribution in [0.1, 0.15) is 12.5 Å². The van der Waals surface area contributed by atoms with Crippen molar-refractivity contribution in [3.63, 3.8) is 0 Å². The van der Waals surface area contributed by atoms with E-state index >= 15 is 0 Å². The molecule has 0 bridgehead atoms. The molecule has 0 saturated heterocycles. The zero-order valence-electron chi connectivity index (χ0n) is 10.1. The van der Waals surface area contributed by atoms with Crippen LogP contribution in [0.15, 0.2) is 24.3 Å². The minimum Gasteiger partial charge on any atom is -0.497 e. The van der Waals surface area contributed by atoms with Crippen molar-refractivity contribution in [2.45, 2.75) is 19.1 Å². The Morgan fingerprint density at radius 1 is 1.39 bits per heavy atom. The first-order valence-corrected chi connectivity index (χ1v) is 5.21. The number of aliphatic carboxylic acids is 1. The van der Waals surface area contributed by atoms with Gasteiger partial charge in [0, 0.05) is 6.54 Å². The Hall–Kier alpha value is -2.11. The summed E-state index contributed by atoms with van der Waals surface area (Å²) in [6.45, 7) is 0.758. The van der Waals surface area contributed by atoms with E-state index in [2.05, 4.69) is 5.32 Å². The number of carbonyl (C=O) groups is 2. The predicted octanol–water partition coefficient (Wildman–Crippen LogP) is 1.12. The van der Waals surface area contributed by atoms with Crippen molar-refractivity contribution in [2.24, 2.45) is 0 Å². The van der Waals surface area contributed by atoms with Crippen LogP contribution in [0.4, 0.5) is 4.39 Å². The van der Waals surface area contributed by atoms with Crippen LogP contribution in [0.25, 0.3) is 0 Å². The van der Waals surface area contributed by atoms with Gasteiger partial charge in [-0.1, -0.05) is 12.1 Å². The molecule has 0 spiro atoms. The molecule has 18 heavy (non-hydrogen) atoms. The van der Waals surface area contributed by atoms with Crippen LogP contribution in [-0.2, 0) is 16.1 Å². The second-order valence-corrected chi connectivity index (χ2v) is 3.84. The van der Waals surface area contributed by atoms with Gasteiger partial charge in [-0.05, 0) is 24.6 Å². The summed E-state index contributed by atoms with van der Waals surface area (Å²) in [6.07, 6.45) is 0. The summed E-state index contributed by atoms with van der Waals surface area (Å²) in [7, 11) is 1.53. The summed E-state index contributed by atoms with van der Waals surface area (Å²) >= 11 is 0. The van der Waals surface area contributed by atoms with Crippen LogP contribution in [0.5, 0.6) is 5.75 Å². The quantitative estimate of drug-likeness (QED) is 0.773. The van der Waals surface area contributed by atoms with E-state index < -0.39 is 17.5 Å². The Kier molecular flexibility index (Phi) is 4.25. The van der Waals surface area contributed by atoms with Crippen LogP contribution in [0.3, 0.4) is 0 Å². The van der Waals surface area contributed by atoms with Gasteiger partial charge in [0.05, 0.1) is 7.11 Å². The molecule has 1 unspecified atom stereocenters. The lowest BCUT2D eigenvalue weighted by molar-refractivity contribution is -0.156. The molecule has 1 aromatic rings. The zero-order valence-corrected chi connectivity index (χ0v) is 10.1. The van der Waals surface area contributed by atoms with Crippen molar-refractivity contribution < 1.29 is 23.8 Å². The molecule has 5 nitrogen and oxygen atoms in total. The molecular formula is C12H14FNO4. The lowest BCUT2D eigenvalue weighted by atomic mass is 10.1. The van der Waals surface area contributed by atoms with Gasteiger partial charge in [0.25, 0.3) is 11.6 Å². The smallest absolute Gasteiger partial charge is 0.351 e. The summed E-state index contributed by atoms with van der Waals surface area (Å²) in [6, 6.07) is 6.76. The maximum absolute atomic E-state index is 13.4. The number of rotatable bonds is 5. The van der Waals surface area contributed by atoms with Crippen LogP contribution in [-0.4, -0.2) is 29.8 Å². The first-order chi connectivity index (χ1) is 8.37. The van der Waals surface area contributed by atoms with Crippen LogP contribution >= 0.6 is 0 Å². The molecular weight excluding hydrogens is 241 g/mol. The van der Waals surface area contributed by atoms with E-state index in [0.717, 1.165) is 0 Å². The highest BCUT2D eigenvalue weighted by molar-refractivity contribution is 6.04. The summed E-state index contributed by atoms with van der Waals surface area (Å²) < 4.78 is 18.4. The fraction of sp³-hybridized carbons (Fsp3) is 0.333. The van der Waals surface area contributed by atoms with Gasteiger partial charge < -0.3 is 15.2 Å². The lowest BCUT2D eigenvalue weighted by Crippen LogP contribution is -2.46. The molecule has 0 aliphatic rings. The molecule has 6 heteroatoms. The largest absolute Gasteiger partial charge is 0.497 e. The summed E-state index contributed by atoms with van der Waals surface area (Å²) in [5, 5.41) is 10.7. The Labute approximate surface area is 104 Å². The number of alkyl halides is 1. The third-order valence-corrected chi connectivity index (χ3v) is 2.44. The zero-order chi connectivity index (χ0) is 13.8. The first-order valence-electron chi connectivity index (χ1n) is 5.21. The molecule has 0 radical (unpaired) electrons. The van der Waals surface area contributed by atoms with Crippen molar-refractivity contribution in [3.05, 3.63) is 29.8 Å². The van der Waals surface area contributed by atoms with Crippen LogP contribution in [0.2, 0.25) is 0 Å². The standard InChI is InChI=1S/C12H14FNO4/c1-12(13,11(16)17)10(15)14-7-8-3-5-9(18-2)6-4-8/h3-6H,7H2,1-2H3,(H,14,15)(H,16,17). The highest BCUT2D eigenvalue weighted by atomic mass is 19.1. The molecule has 98 valence electrons. The molecule has 0 fully saturated rings. The molecule has 0 aromatic heterocycles. The number of amides is 1. The number of hydrogen-bond donors (Lipinski definition) is 2. The maximum Gasteiger partial charge on any atom is 0.351 e. The van der Waals surface area contributed by atoms with E-state index in [1.807, 2.05) is 0 Å². The normalized spacial score (nSPS) is 13.5. The van der Waals surface area contributed by atoms with E-state index in [1.165, 1.54) is 7.11 Å². The average molecular weight is 255 g/mol. The number of carboxylic acid groups (broad SMARTS) is 1. The van der Waals surface area contributed by atoms with E-state index in [4.69, 9.17) is 9.84 Å². The van der Waals surface area contributed by atoms with Gasteiger partial charge in [-0.2, -0.15) is 0 Å². The number of benzene rings is 1. The number of nitrogens with one attached hydrogen (secondary N) is 1. The van der Waals surface area contributed by atoms with Gasteiger partial charge >= 0.3 is 5.97 Å². The topological polar surface area (TPSA) is 75.6 Å². The SMILES string of the molecule is COc1ccc(CNC(=O)C(C)(F)C(=O)O)cc1. The average Bonchev–Trinajstić information content (AvgIpc) is 2.36. The predicted molar refractivity (Wildman–Crippen MR) is 62.0 cm³/mol. The first kappa shape index (κ1) is 14.0. The monoisotopic (exact) mass is 255 g/mol. The molecule has 0 heterocycles. The van der Waals surface area contributed by atoms with E-state index in [9.17, 15) is 14.0 Å². The maximum atomic E-state index is 13.4. The van der Waals surface area contributed by atoms with E-state index in [-0.39, 0.29) is 6.54 Å². The molecule has 0 aliphatic carbocycles. The molecule has 2 N–H and O–H groups in total. The highest BCUT2D eigenvalue weighted by Crippen LogP contribution is 2.13. The van der Waals surface area contributed by atoms with Gasteiger partial charge in [-0.3, -0.25) is 4.79 Å². The van der Waals surface area contributed by atoms with Crippen molar-refractivity contribution in [1.29, 1.82) is 0 Å². The van der Waals surface area contributed by atoms with Crippen molar-refractivity contribution in [3.8, 4) is 5.75 Å². The fourth-order valence-electron chi connectivity index (χ4n) is 1.19. The van der Waals surface area contributed by atoms with Gasteiger partial charge in [-0.15, -0.1) is 0 Å². The number of carboxylic acids is 1. The van der Waals surface area contributed by atoms with Crippen molar-refractivity contribution >= 4 is 11.9 Å². The molecule has 1 aromatic carbocycles. The molecule has 1 rings (SSSR count). The van der Waals surface area contributed by atoms with Gasteiger partial charge in [0.1, 0.15) is 5.75 Å². The third-order valence-electron chi connectivity index (χ3n) is 2.44. The van der Waals surface area contributed by atoms with E-state index in [0.29, 0.717) is 18.2 Å².